The van der Waals surface area contributed by atoms with E-state index in [1.807, 2.05) is 105 Å². The van der Waals surface area contributed by atoms with E-state index >= 15 is 0 Å². The molecule has 2 aromatic heterocycles. The Balaban J connectivity index is 0.00000784. The van der Waals surface area contributed by atoms with Crippen LogP contribution in [0.25, 0.3) is 83.9 Å². The van der Waals surface area contributed by atoms with E-state index in [-0.39, 0.29) is 43.9 Å². The van der Waals surface area contributed by atoms with E-state index in [9.17, 15) is 5.11 Å². The van der Waals surface area contributed by atoms with Crippen molar-refractivity contribution in [2.45, 2.75) is 72.3 Å². The molecule has 0 bridgehead atoms. The number of imidazole rings is 1. The fourth-order valence-electron chi connectivity index (χ4n) is 8.08. The number of aryl methyl sites for hydroxylation is 1. The first-order chi connectivity index (χ1) is 35.6. The van der Waals surface area contributed by atoms with E-state index in [4.69, 9.17) is 27.8 Å². The van der Waals surface area contributed by atoms with Crippen molar-refractivity contribution in [1.29, 1.82) is 0 Å². The van der Waals surface area contributed by atoms with Crippen LogP contribution in [0.2, 0.25) is 0 Å². The topological polar surface area (TPSA) is 50.9 Å². The number of hydrogen-bond donors (Lipinski definition) is 1. The van der Waals surface area contributed by atoms with Crippen molar-refractivity contribution in [3.8, 4) is 78.6 Å². The van der Waals surface area contributed by atoms with E-state index < -0.39 is 38.7 Å². The molecule has 64 heavy (non-hydrogen) atoms. The second-order valence-corrected chi connectivity index (χ2v) is 16.5. The summed E-state index contributed by atoms with van der Waals surface area (Å²) in [6, 6.07) is 50.1. The van der Waals surface area contributed by atoms with Gasteiger partial charge >= 0.3 is 0 Å². The number of hydrogen-bond acceptors (Lipinski definition) is 3. The van der Waals surface area contributed by atoms with Gasteiger partial charge in [-0.2, -0.15) is 0 Å². The summed E-state index contributed by atoms with van der Waals surface area (Å²) >= 11 is 0. The minimum atomic E-state index is -3.40. The summed E-state index contributed by atoms with van der Waals surface area (Å²) < 4.78 is 111. The molecule has 0 saturated heterocycles. The molecule has 5 heteroatoms. The maximum Gasteiger partial charge on any atom is 0.148 e. The molecule has 322 valence electrons. The Labute approximate surface area is 411 Å². The number of phenolic OH excluding ortho intramolecular Hbond substituents is 1. The van der Waals surface area contributed by atoms with E-state index in [0.29, 0.717) is 67.2 Å². The molecule has 7 aromatic carbocycles. The Kier molecular flexibility index (Phi) is 8.64. The summed E-state index contributed by atoms with van der Waals surface area (Å²) in [5.74, 6) is -0.513. The number of phenols is 1. The Morgan fingerprint density at radius 2 is 1.30 bits per heavy atom. The van der Waals surface area contributed by atoms with Crippen molar-refractivity contribution >= 4 is 11.0 Å². The average molecular weight is 1030 g/mol. The van der Waals surface area contributed by atoms with Crippen LogP contribution in [-0.4, -0.2) is 19.6 Å². The quantitative estimate of drug-likeness (QED) is 0.147. The fraction of sp³-hybridized carbons (Fsp3) is 0.186. The largest absolute Gasteiger partial charge is 0.507 e. The van der Waals surface area contributed by atoms with Gasteiger partial charge in [0.25, 0.3) is 0 Å². The van der Waals surface area contributed by atoms with Crippen LogP contribution in [0.5, 0.6) is 5.75 Å². The number of aromatic nitrogens is 3. The van der Waals surface area contributed by atoms with Gasteiger partial charge in [0, 0.05) is 50.8 Å². The van der Waals surface area contributed by atoms with Crippen LogP contribution in [0.3, 0.4) is 0 Å². The van der Waals surface area contributed by atoms with Crippen LogP contribution >= 0.6 is 0 Å². The van der Waals surface area contributed by atoms with Gasteiger partial charge in [-0.15, -0.1) is 23.8 Å². The Morgan fingerprint density at radius 1 is 0.625 bits per heavy atom. The maximum atomic E-state index is 11.4. The molecular formula is C59H54N3OPt-. The van der Waals surface area contributed by atoms with Crippen molar-refractivity contribution in [1.82, 2.24) is 14.5 Å². The monoisotopic (exact) mass is 1030 g/mol. The van der Waals surface area contributed by atoms with Crippen molar-refractivity contribution in [2.75, 3.05) is 0 Å². The average Bonchev–Trinajstić information content (AvgIpc) is 3.84. The number of nitrogens with zero attached hydrogens (tertiary/aromatic N) is 3. The minimum Gasteiger partial charge on any atom is -0.507 e. The predicted molar refractivity (Wildman–Crippen MR) is 264 cm³/mol. The summed E-state index contributed by atoms with van der Waals surface area (Å²) in [7, 11) is 0. The number of para-hydroxylation sites is 2. The van der Waals surface area contributed by atoms with Crippen LogP contribution < -0.4 is 0 Å². The standard InChI is InChI=1S/C59H54N3O.Pt/c1-37(2)44-30-45(38(3)4)32-47(31-44)42-23-26-54(39(5)29-42)62-55-19-14-18-51(57(55)61-58(62)52-17-12-13-20-56(52)63)48-33-46(40-15-10-9-11-16-40)34-49(35-48)53-36-43(27-28-60-53)41-21-24-50(25-22-41)59(6,7)8;/h9-34,36-38,63H,1-8H3;/q-1;/i5D3,6D3,7D3,8D3,37D;. The summed E-state index contributed by atoms with van der Waals surface area (Å²) in [6.07, 6.45) is 1.60. The van der Waals surface area contributed by atoms with Gasteiger partial charge in [0.2, 0.25) is 0 Å². The number of rotatable bonds is 9. The molecule has 0 amide bonds. The molecule has 0 aliphatic rings. The summed E-state index contributed by atoms with van der Waals surface area (Å²) in [5, 5.41) is 11.4. The Hall–Kier alpha value is -6.35. The molecular weight excluding hydrogens is 962 g/mol. The van der Waals surface area contributed by atoms with E-state index in [0.717, 1.165) is 27.8 Å². The van der Waals surface area contributed by atoms with Gasteiger partial charge in [-0.25, -0.2) is 4.98 Å². The number of aromatic hydroxyl groups is 1. The number of benzene rings is 7. The second-order valence-electron chi connectivity index (χ2n) is 16.5. The van der Waals surface area contributed by atoms with Gasteiger partial charge in [-0.3, -0.25) is 9.55 Å². The molecule has 0 atom stereocenters. The first-order valence-electron chi connectivity index (χ1n) is 27.4. The van der Waals surface area contributed by atoms with Gasteiger partial charge in [0.1, 0.15) is 11.6 Å². The van der Waals surface area contributed by atoms with E-state index in [1.54, 1.807) is 53.2 Å². The molecule has 0 fully saturated rings. The SMILES string of the molecule is [2H]C([2H])([2H])c1cc(-c2cc(C(C)C)cc(C([2H])(C)C)c2)ccc1-n1c(-c2ccccc2O)nc2c(-c3[c-]c(-c4cc(-c5ccc(C(C([2H])([2H])[2H])(C([2H])([2H])[2H])C([2H])([2H])[2H])cc5)ccn4)cc(-c4ccccc4)c3)cccc21.[Pt]. The molecule has 0 radical (unpaired) electrons. The van der Waals surface area contributed by atoms with Crippen LogP contribution in [0.4, 0.5) is 0 Å². The zero-order valence-electron chi connectivity index (χ0n) is 48.8. The van der Waals surface area contributed by atoms with Crippen LogP contribution in [-0.2, 0) is 26.5 Å². The number of pyridine rings is 1. The Morgan fingerprint density at radius 3 is 2.03 bits per heavy atom. The molecule has 9 rings (SSSR count). The molecule has 0 aliphatic heterocycles. The van der Waals surface area contributed by atoms with E-state index in [1.165, 1.54) is 24.3 Å². The third kappa shape index (κ3) is 8.77. The van der Waals surface area contributed by atoms with Crippen LogP contribution in [0.15, 0.2) is 164 Å². The summed E-state index contributed by atoms with van der Waals surface area (Å²) in [5.41, 5.74) is 6.80. The van der Waals surface area contributed by atoms with Crippen molar-refractivity contribution in [3.05, 3.63) is 192 Å². The van der Waals surface area contributed by atoms with E-state index in [2.05, 4.69) is 19.9 Å². The smallest absolute Gasteiger partial charge is 0.148 e. The van der Waals surface area contributed by atoms with Crippen molar-refractivity contribution in [2.24, 2.45) is 0 Å². The maximum absolute atomic E-state index is 11.4. The molecule has 0 saturated carbocycles. The first-order valence-corrected chi connectivity index (χ1v) is 20.9. The third-order valence-corrected chi connectivity index (χ3v) is 11.6. The van der Waals surface area contributed by atoms with Gasteiger partial charge < -0.3 is 5.11 Å². The first kappa shape index (κ1) is 30.7. The van der Waals surface area contributed by atoms with Gasteiger partial charge in [-0.05, 0) is 111 Å². The Bertz CT molecular complexity index is 3590. The van der Waals surface area contributed by atoms with Gasteiger partial charge in [-0.1, -0.05) is 174 Å². The number of fused-ring (bicyclic) bond motifs is 1. The fourth-order valence-corrected chi connectivity index (χ4v) is 8.08. The summed E-state index contributed by atoms with van der Waals surface area (Å²) in [4.78, 5) is 10.0. The normalized spacial score (nSPS) is 15.6. The molecule has 4 nitrogen and oxygen atoms in total. The third-order valence-electron chi connectivity index (χ3n) is 11.6. The van der Waals surface area contributed by atoms with Crippen molar-refractivity contribution in [3.63, 3.8) is 0 Å². The van der Waals surface area contributed by atoms with Gasteiger partial charge in [0.05, 0.1) is 22.3 Å². The van der Waals surface area contributed by atoms with Crippen molar-refractivity contribution < 1.29 is 44.0 Å². The second kappa shape index (κ2) is 18.0. The zero-order chi connectivity index (χ0) is 54.9. The minimum absolute atomic E-state index is 0. The molecule has 0 spiro atoms. The molecule has 0 aliphatic carbocycles. The predicted octanol–water partition coefficient (Wildman–Crippen LogP) is 15.8. The molecule has 0 unspecified atom stereocenters. The molecule has 1 N–H and O–H groups in total. The zero-order valence-corrected chi connectivity index (χ0v) is 38.0. The van der Waals surface area contributed by atoms with Crippen LogP contribution in [0, 0.1) is 12.9 Å². The molecule has 2 heterocycles. The molecule has 9 aromatic rings. The van der Waals surface area contributed by atoms with Gasteiger partial charge in [0.15, 0.2) is 0 Å². The summed E-state index contributed by atoms with van der Waals surface area (Å²) in [6.45, 7) is -5.00. The van der Waals surface area contributed by atoms with Crippen LogP contribution in [0.1, 0.15) is 100 Å².